The SMILES string of the molecule is CC(OCCC(=O)O)c1ccc(OCc2ccc(Cl)cc2Cl)cc1. The first kappa shape index (κ1) is 18.6. The van der Waals surface area contributed by atoms with Gasteiger partial charge >= 0.3 is 5.97 Å². The largest absolute Gasteiger partial charge is 0.489 e. The van der Waals surface area contributed by atoms with E-state index in [2.05, 4.69) is 0 Å². The van der Waals surface area contributed by atoms with Gasteiger partial charge in [0.25, 0.3) is 0 Å². The minimum Gasteiger partial charge on any atom is -0.489 e. The number of hydrogen-bond donors (Lipinski definition) is 1. The standard InChI is InChI=1S/C18H18Cl2O4/c1-12(23-9-8-18(21)22)13-3-6-16(7-4-13)24-11-14-2-5-15(19)10-17(14)20/h2-7,10,12H,8-9,11H2,1H3,(H,21,22). The van der Waals surface area contributed by atoms with Crippen molar-refractivity contribution < 1.29 is 19.4 Å². The Hall–Kier alpha value is -1.75. The average Bonchev–Trinajstić information content (AvgIpc) is 2.54. The molecule has 4 nitrogen and oxygen atoms in total. The number of rotatable bonds is 8. The Labute approximate surface area is 150 Å². The minimum absolute atomic E-state index is 0.00656. The van der Waals surface area contributed by atoms with Crippen molar-refractivity contribution in [3.8, 4) is 5.75 Å². The summed E-state index contributed by atoms with van der Waals surface area (Å²) in [5.74, 6) is -0.158. The molecule has 1 atom stereocenters. The van der Waals surface area contributed by atoms with Crippen LogP contribution >= 0.6 is 23.2 Å². The molecule has 0 fully saturated rings. The van der Waals surface area contributed by atoms with E-state index in [0.29, 0.717) is 22.4 Å². The highest BCUT2D eigenvalue weighted by Crippen LogP contribution is 2.24. The van der Waals surface area contributed by atoms with Crippen LogP contribution in [0.25, 0.3) is 0 Å². The molecule has 1 unspecified atom stereocenters. The molecule has 0 aliphatic rings. The molecule has 0 aromatic heterocycles. The fraction of sp³-hybridized carbons (Fsp3) is 0.278. The smallest absolute Gasteiger partial charge is 0.305 e. The van der Waals surface area contributed by atoms with Crippen LogP contribution in [-0.2, 0) is 16.1 Å². The number of carbonyl (C=O) groups is 1. The molecule has 1 N–H and O–H groups in total. The zero-order valence-electron chi connectivity index (χ0n) is 13.2. The Kier molecular flexibility index (Phi) is 6.91. The van der Waals surface area contributed by atoms with Crippen LogP contribution in [0, 0.1) is 0 Å². The van der Waals surface area contributed by atoms with E-state index in [9.17, 15) is 4.79 Å². The van der Waals surface area contributed by atoms with E-state index in [1.807, 2.05) is 37.3 Å². The third-order valence-corrected chi connectivity index (χ3v) is 4.03. The molecule has 0 saturated carbocycles. The number of benzene rings is 2. The van der Waals surface area contributed by atoms with Gasteiger partial charge in [0.1, 0.15) is 12.4 Å². The second-order valence-electron chi connectivity index (χ2n) is 5.25. The van der Waals surface area contributed by atoms with E-state index in [-0.39, 0.29) is 19.1 Å². The molecule has 0 bridgehead atoms. The molecule has 0 spiro atoms. The van der Waals surface area contributed by atoms with E-state index >= 15 is 0 Å². The lowest BCUT2D eigenvalue weighted by Crippen LogP contribution is -2.06. The first-order chi connectivity index (χ1) is 11.5. The van der Waals surface area contributed by atoms with E-state index in [0.717, 1.165) is 11.1 Å². The maximum atomic E-state index is 10.5. The summed E-state index contributed by atoms with van der Waals surface area (Å²) in [6, 6.07) is 12.8. The van der Waals surface area contributed by atoms with E-state index in [4.69, 9.17) is 37.8 Å². The maximum Gasteiger partial charge on any atom is 0.305 e. The monoisotopic (exact) mass is 368 g/mol. The summed E-state index contributed by atoms with van der Waals surface area (Å²) in [6.07, 6.45) is -0.183. The van der Waals surface area contributed by atoms with Gasteiger partial charge in [-0.2, -0.15) is 0 Å². The molecule has 0 amide bonds. The zero-order valence-corrected chi connectivity index (χ0v) is 14.7. The highest BCUT2D eigenvalue weighted by Gasteiger charge is 2.08. The molecule has 2 aromatic rings. The van der Waals surface area contributed by atoms with E-state index < -0.39 is 5.97 Å². The Bertz CT molecular complexity index is 686. The van der Waals surface area contributed by atoms with Crippen molar-refractivity contribution in [2.24, 2.45) is 0 Å². The number of carboxylic acids is 1. The number of carboxylic acid groups (broad SMARTS) is 1. The van der Waals surface area contributed by atoms with Crippen molar-refractivity contribution in [1.82, 2.24) is 0 Å². The number of halogens is 2. The van der Waals surface area contributed by atoms with E-state index in [1.165, 1.54) is 0 Å². The number of hydrogen-bond acceptors (Lipinski definition) is 3. The van der Waals surface area contributed by atoms with E-state index in [1.54, 1.807) is 12.1 Å². The van der Waals surface area contributed by atoms with Gasteiger partial charge in [0, 0.05) is 15.6 Å². The van der Waals surface area contributed by atoms with Crippen molar-refractivity contribution in [3.05, 3.63) is 63.6 Å². The summed E-state index contributed by atoms with van der Waals surface area (Å²) >= 11 is 12.0. The van der Waals surface area contributed by atoms with Crippen molar-refractivity contribution in [2.75, 3.05) is 6.61 Å². The quantitative estimate of drug-likeness (QED) is 0.701. The van der Waals surface area contributed by atoms with Crippen LogP contribution in [-0.4, -0.2) is 17.7 Å². The van der Waals surface area contributed by atoms with Crippen LogP contribution in [0.1, 0.15) is 30.6 Å². The summed E-state index contributed by atoms with van der Waals surface area (Å²) in [6.45, 7) is 2.41. The molecule has 128 valence electrons. The first-order valence-corrected chi connectivity index (χ1v) is 8.21. The van der Waals surface area contributed by atoms with Gasteiger partial charge in [-0.15, -0.1) is 0 Å². The highest BCUT2D eigenvalue weighted by atomic mass is 35.5. The van der Waals surface area contributed by atoms with Gasteiger partial charge in [-0.25, -0.2) is 0 Å². The lowest BCUT2D eigenvalue weighted by molar-refractivity contribution is -0.138. The summed E-state index contributed by atoms with van der Waals surface area (Å²) in [7, 11) is 0. The Morgan fingerprint density at radius 2 is 1.88 bits per heavy atom. The molecular formula is C18H18Cl2O4. The van der Waals surface area contributed by atoms with Gasteiger partial charge < -0.3 is 14.6 Å². The van der Waals surface area contributed by atoms with Gasteiger partial charge in [0.15, 0.2) is 0 Å². The molecule has 0 radical (unpaired) electrons. The molecule has 0 aliphatic heterocycles. The lowest BCUT2D eigenvalue weighted by atomic mass is 10.1. The zero-order chi connectivity index (χ0) is 17.5. The summed E-state index contributed by atoms with van der Waals surface area (Å²) < 4.78 is 11.2. The minimum atomic E-state index is -0.869. The lowest BCUT2D eigenvalue weighted by Gasteiger charge is -2.14. The molecule has 0 aliphatic carbocycles. The van der Waals surface area contributed by atoms with Gasteiger partial charge in [0.05, 0.1) is 19.1 Å². The van der Waals surface area contributed by atoms with Crippen LogP contribution in [0.4, 0.5) is 0 Å². The summed E-state index contributed by atoms with van der Waals surface area (Å²) in [4.78, 5) is 10.5. The van der Waals surface area contributed by atoms with Crippen LogP contribution in [0.2, 0.25) is 10.0 Å². The molecule has 24 heavy (non-hydrogen) atoms. The molecule has 2 rings (SSSR count). The number of aliphatic carboxylic acids is 1. The molecule has 2 aromatic carbocycles. The molecular weight excluding hydrogens is 351 g/mol. The summed E-state index contributed by atoms with van der Waals surface area (Å²) in [5, 5.41) is 9.76. The van der Waals surface area contributed by atoms with Crippen LogP contribution in [0.15, 0.2) is 42.5 Å². The second kappa shape index (κ2) is 8.92. The van der Waals surface area contributed by atoms with Crippen LogP contribution in [0.5, 0.6) is 5.75 Å². The Balaban J connectivity index is 1.88. The predicted molar refractivity (Wildman–Crippen MR) is 93.9 cm³/mol. The number of ether oxygens (including phenoxy) is 2. The third-order valence-electron chi connectivity index (χ3n) is 3.44. The van der Waals surface area contributed by atoms with Gasteiger partial charge in [-0.05, 0) is 36.8 Å². The fourth-order valence-electron chi connectivity index (χ4n) is 2.05. The highest BCUT2D eigenvalue weighted by molar-refractivity contribution is 6.35. The molecule has 6 heteroatoms. The third kappa shape index (κ3) is 5.71. The maximum absolute atomic E-state index is 10.5. The van der Waals surface area contributed by atoms with Gasteiger partial charge in [0.2, 0.25) is 0 Å². The van der Waals surface area contributed by atoms with Crippen molar-refractivity contribution in [2.45, 2.75) is 26.1 Å². The van der Waals surface area contributed by atoms with Crippen molar-refractivity contribution in [3.63, 3.8) is 0 Å². The summed E-state index contributed by atoms with van der Waals surface area (Å²) in [5.41, 5.74) is 1.81. The van der Waals surface area contributed by atoms with Crippen molar-refractivity contribution >= 4 is 29.2 Å². The van der Waals surface area contributed by atoms with Crippen LogP contribution < -0.4 is 4.74 Å². The fourth-order valence-corrected chi connectivity index (χ4v) is 2.52. The van der Waals surface area contributed by atoms with Crippen LogP contribution in [0.3, 0.4) is 0 Å². The van der Waals surface area contributed by atoms with Gasteiger partial charge in [-0.1, -0.05) is 41.4 Å². The average molecular weight is 369 g/mol. The van der Waals surface area contributed by atoms with Gasteiger partial charge in [-0.3, -0.25) is 4.79 Å². The van der Waals surface area contributed by atoms with Crippen molar-refractivity contribution in [1.29, 1.82) is 0 Å². The molecule has 0 saturated heterocycles. The topological polar surface area (TPSA) is 55.8 Å². The first-order valence-electron chi connectivity index (χ1n) is 7.46. The Morgan fingerprint density at radius 1 is 1.17 bits per heavy atom. The Morgan fingerprint density at radius 3 is 2.50 bits per heavy atom. The second-order valence-corrected chi connectivity index (χ2v) is 6.09. The normalized spacial score (nSPS) is 12.0. The predicted octanol–water partition coefficient (Wildman–Crippen LogP) is 5.12. The molecule has 0 heterocycles.